The molecule has 2 atom stereocenters. The van der Waals surface area contributed by atoms with Gasteiger partial charge >= 0.3 is 11.9 Å². The summed E-state index contributed by atoms with van der Waals surface area (Å²) in [4.78, 5) is 47.4. The lowest BCUT2D eigenvalue weighted by Crippen LogP contribution is -2.47. The van der Waals surface area contributed by atoms with Gasteiger partial charge in [-0.3, -0.25) is 14.4 Å². The average Bonchev–Trinajstić information content (AvgIpc) is 3.13. The molecule has 0 aliphatic heterocycles. The second-order valence-electron chi connectivity index (χ2n) is 14.1. The van der Waals surface area contributed by atoms with Crippen molar-refractivity contribution in [3.8, 4) is 0 Å². The van der Waals surface area contributed by atoms with Crippen molar-refractivity contribution in [2.45, 2.75) is 199 Å². The predicted octanol–water partition coefficient (Wildman–Crippen LogP) is 9.82. The van der Waals surface area contributed by atoms with Gasteiger partial charge in [-0.15, -0.1) is 0 Å². The highest BCUT2D eigenvalue weighted by Gasteiger charge is 2.18. The first-order valence-electron chi connectivity index (χ1n) is 20.9. The van der Waals surface area contributed by atoms with Gasteiger partial charge in [0.15, 0.2) is 0 Å². The highest BCUT2D eigenvalue weighted by atomic mass is 16.5. The molecule has 0 fully saturated rings. The minimum atomic E-state index is -1.39. The fourth-order valence-electron chi connectivity index (χ4n) is 5.83. The van der Waals surface area contributed by atoms with Crippen LogP contribution in [-0.2, 0) is 23.9 Å². The number of aliphatic carboxylic acids is 1. The third kappa shape index (κ3) is 34.2. The summed E-state index contributed by atoms with van der Waals surface area (Å²) in [5, 5.41) is 22.5. The molecule has 0 saturated heterocycles. The van der Waals surface area contributed by atoms with Crippen LogP contribution in [0.4, 0.5) is 0 Å². The molecule has 0 radical (unpaired) electrons. The number of rotatable bonds is 37. The number of carbonyl (C=O) groups is 4. The van der Waals surface area contributed by atoms with Crippen LogP contribution in [0.25, 0.3) is 0 Å². The zero-order valence-electron chi connectivity index (χ0n) is 33.1. The van der Waals surface area contributed by atoms with E-state index in [1.54, 1.807) is 0 Å². The normalized spacial score (nSPS) is 12.8. The van der Waals surface area contributed by atoms with E-state index in [1.807, 2.05) is 0 Å². The van der Waals surface area contributed by atoms with E-state index < -0.39 is 24.5 Å². The van der Waals surface area contributed by atoms with Crippen molar-refractivity contribution in [3.05, 3.63) is 36.5 Å². The summed E-state index contributed by atoms with van der Waals surface area (Å²) >= 11 is 0. The Kier molecular flexibility index (Phi) is 35.7. The third-order valence-corrected chi connectivity index (χ3v) is 9.09. The van der Waals surface area contributed by atoms with E-state index in [4.69, 9.17) is 14.9 Å². The first-order valence-corrected chi connectivity index (χ1v) is 20.9. The highest BCUT2D eigenvalue weighted by Crippen LogP contribution is 2.15. The summed E-state index contributed by atoms with van der Waals surface area (Å²) in [6.07, 6.45) is 41.9. The van der Waals surface area contributed by atoms with E-state index in [2.05, 4.69) is 60.9 Å². The van der Waals surface area contributed by atoms with Crippen LogP contribution in [0, 0.1) is 0 Å². The zero-order chi connectivity index (χ0) is 38.3. The number of allylic oxidation sites excluding steroid dienone is 5. The van der Waals surface area contributed by atoms with Gasteiger partial charge < -0.3 is 25.6 Å². The van der Waals surface area contributed by atoms with Crippen LogP contribution in [0.5, 0.6) is 0 Å². The summed E-state index contributed by atoms with van der Waals surface area (Å²) in [5.41, 5.74) is 0. The van der Waals surface area contributed by atoms with Crippen molar-refractivity contribution < 1.29 is 34.1 Å². The Morgan fingerprint density at radius 2 is 1.10 bits per heavy atom. The number of hydrogen-bond acceptors (Lipinski definition) is 6. The number of carbonyl (C=O) groups excluding carboxylic acids is 3. The number of aliphatic hydroxyl groups is 1. The lowest BCUT2D eigenvalue weighted by molar-refractivity contribution is -0.147. The maximum Gasteiger partial charge on any atom is 0.328 e. The van der Waals surface area contributed by atoms with Gasteiger partial charge in [-0.1, -0.05) is 134 Å². The first-order chi connectivity index (χ1) is 25.3. The SMILES string of the molecule is CCCCCC/C=C\C/C=C\CCCCCCCCCC(=O)OC(/C=C\CCCCCCC)CCCCCCC(=O)NCC(=O)NC(CO)C(=O)O. The molecule has 9 heteroatoms. The molecule has 0 aromatic carbocycles. The zero-order valence-corrected chi connectivity index (χ0v) is 33.1. The standard InChI is InChI=1S/C43H76N2O7/c1-3-5-7-9-11-12-13-14-15-16-17-18-19-20-21-23-25-31-35-42(49)52-38(32-28-24-22-10-8-6-4-2)33-29-26-27-30-34-40(47)44-36-41(48)45-39(37-46)43(50)51/h12-13,15-16,28,32,38-39,46H,3-11,14,17-27,29-31,33-37H2,1-2H3,(H,44,47)(H,45,48)(H,50,51)/b13-12-,16-15-,32-28-. The number of amides is 2. The monoisotopic (exact) mass is 733 g/mol. The van der Waals surface area contributed by atoms with Gasteiger partial charge in [-0.25, -0.2) is 4.79 Å². The van der Waals surface area contributed by atoms with E-state index in [0.29, 0.717) is 12.8 Å². The summed E-state index contributed by atoms with van der Waals surface area (Å²) < 4.78 is 5.89. The molecule has 2 unspecified atom stereocenters. The molecule has 2 amide bonds. The molecular weight excluding hydrogens is 656 g/mol. The molecule has 0 aliphatic carbocycles. The molecule has 52 heavy (non-hydrogen) atoms. The van der Waals surface area contributed by atoms with Crippen molar-refractivity contribution in [2.24, 2.45) is 0 Å². The number of carboxylic acids is 1. The molecule has 0 bridgehead atoms. The number of esters is 1. The van der Waals surface area contributed by atoms with E-state index >= 15 is 0 Å². The molecule has 0 saturated carbocycles. The Bertz CT molecular complexity index is 979. The van der Waals surface area contributed by atoms with Gasteiger partial charge in [0, 0.05) is 12.8 Å². The van der Waals surface area contributed by atoms with Crippen LogP contribution in [0.3, 0.4) is 0 Å². The summed E-state index contributed by atoms with van der Waals surface area (Å²) in [5.74, 6) is -2.41. The smallest absolute Gasteiger partial charge is 0.328 e. The van der Waals surface area contributed by atoms with Gasteiger partial charge in [0.1, 0.15) is 12.1 Å². The Hall–Kier alpha value is -2.94. The number of unbranched alkanes of at least 4 members (excludes halogenated alkanes) is 19. The van der Waals surface area contributed by atoms with Crippen molar-refractivity contribution in [1.29, 1.82) is 0 Å². The minimum Gasteiger partial charge on any atom is -0.480 e. The van der Waals surface area contributed by atoms with E-state index in [1.165, 1.54) is 83.5 Å². The van der Waals surface area contributed by atoms with Crippen LogP contribution in [0.1, 0.15) is 187 Å². The van der Waals surface area contributed by atoms with Crippen molar-refractivity contribution in [1.82, 2.24) is 10.6 Å². The maximum absolute atomic E-state index is 12.7. The van der Waals surface area contributed by atoms with Crippen LogP contribution in [0.15, 0.2) is 36.5 Å². The predicted molar refractivity (Wildman–Crippen MR) is 213 cm³/mol. The number of nitrogens with one attached hydrogen (secondary N) is 2. The summed E-state index contributed by atoms with van der Waals surface area (Å²) in [6.45, 7) is 3.41. The Labute approximate surface area is 316 Å². The Balaban J connectivity index is 4.20. The van der Waals surface area contributed by atoms with E-state index in [0.717, 1.165) is 70.6 Å². The van der Waals surface area contributed by atoms with Gasteiger partial charge in [0.05, 0.1) is 13.2 Å². The fourth-order valence-corrected chi connectivity index (χ4v) is 5.83. The Morgan fingerprint density at radius 1 is 0.596 bits per heavy atom. The lowest BCUT2D eigenvalue weighted by atomic mass is 10.1. The van der Waals surface area contributed by atoms with Crippen molar-refractivity contribution in [3.63, 3.8) is 0 Å². The second kappa shape index (κ2) is 37.8. The number of ether oxygens (including phenoxy) is 1. The van der Waals surface area contributed by atoms with Gasteiger partial charge in [-0.2, -0.15) is 0 Å². The Morgan fingerprint density at radius 3 is 1.67 bits per heavy atom. The van der Waals surface area contributed by atoms with Gasteiger partial charge in [0.25, 0.3) is 0 Å². The molecule has 0 rings (SSSR count). The second-order valence-corrected chi connectivity index (χ2v) is 14.1. The van der Waals surface area contributed by atoms with Crippen LogP contribution in [-0.4, -0.2) is 59.3 Å². The fraction of sp³-hybridized carbons (Fsp3) is 0.767. The maximum atomic E-state index is 12.7. The highest BCUT2D eigenvalue weighted by molar-refractivity contribution is 5.87. The molecule has 0 aromatic heterocycles. The van der Waals surface area contributed by atoms with Crippen LogP contribution in [0.2, 0.25) is 0 Å². The largest absolute Gasteiger partial charge is 0.480 e. The molecular formula is C43H76N2O7. The van der Waals surface area contributed by atoms with Gasteiger partial charge in [-0.05, 0) is 76.7 Å². The first kappa shape index (κ1) is 49.1. The van der Waals surface area contributed by atoms with Crippen molar-refractivity contribution >= 4 is 23.8 Å². The topological polar surface area (TPSA) is 142 Å². The average molecular weight is 733 g/mol. The molecule has 300 valence electrons. The molecule has 9 nitrogen and oxygen atoms in total. The molecule has 0 spiro atoms. The quantitative estimate of drug-likeness (QED) is 0.0283. The van der Waals surface area contributed by atoms with Gasteiger partial charge in [0.2, 0.25) is 11.8 Å². The van der Waals surface area contributed by atoms with Crippen LogP contribution < -0.4 is 10.6 Å². The molecule has 0 heterocycles. The molecule has 0 aromatic rings. The number of hydrogen-bond donors (Lipinski definition) is 4. The summed E-state index contributed by atoms with van der Waals surface area (Å²) in [7, 11) is 0. The summed E-state index contributed by atoms with van der Waals surface area (Å²) in [6, 6.07) is -1.39. The lowest BCUT2D eigenvalue weighted by Gasteiger charge is -2.15. The van der Waals surface area contributed by atoms with E-state index in [9.17, 15) is 19.2 Å². The van der Waals surface area contributed by atoms with Crippen LogP contribution >= 0.6 is 0 Å². The van der Waals surface area contributed by atoms with E-state index in [-0.39, 0.29) is 30.9 Å². The third-order valence-electron chi connectivity index (χ3n) is 9.09. The van der Waals surface area contributed by atoms with Crippen molar-refractivity contribution in [2.75, 3.05) is 13.2 Å². The molecule has 0 aliphatic rings. The minimum absolute atomic E-state index is 0.120. The number of carboxylic acid groups (broad SMARTS) is 1. The number of aliphatic hydroxyl groups excluding tert-OH is 1. The molecule has 4 N–H and O–H groups in total.